The molecule has 3 heterocycles. The number of phenols is 2. The second kappa shape index (κ2) is 17.1. The SMILES string of the molecule is COc1cc(O[C@@H]2O[C@H](CO)[C@@H](O)[C@@H](O)[C@H]2O[C@@H]2OC[C@@](O)(COC(=O)/C=C/c3cc(OC)c4c(c3)[C@@H](CO)[C@H](c3ccc(O)c(OC)c3)O4)[C@H]2O)ccc1O. The second-order valence-electron chi connectivity index (χ2n) is 13.3. The summed E-state index contributed by atoms with van der Waals surface area (Å²) >= 11 is 0. The van der Waals surface area contributed by atoms with Crippen LogP contribution in [0.25, 0.3) is 6.08 Å². The standard InChI is InChI=1S/C38H44O18/c1-48-25-12-19(5-7-23(25)41)32-22(14-39)21-10-18(11-27(50-3)33(21)55-32)4-9-29(43)51-16-38(47)17-52-37(35(38)46)56-34-31(45)30(44)28(15-40)54-36(34)53-20-6-8-24(42)26(13-20)49-2/h4-13,22,28,30-32,34-37,39-42,44-47H,14-17H2,1-3H3/b9-4+/t22-,28-,30-,31-,32+,34-,35+,36-,37+,38+/m1/s1. The van der Waals surface area contributed by atoms with Crippen molar-refractivity contribution in [2.24, 2.45) is 0 Å². The fraction of sp³-hybridized carbons (Fsp3) is 0.447. The maximum Gasteiger partial charge on any atom is 0.330 e. The van der Waals surface area contributed by atoms with Gasteiger partial charge < -0.3 is 83.5 Å². The molecule has 0 aromatic heterocycles. The van der Waals surface area contributed by atoms with Crippen molar-refractivity contribution in [3.63, 3.8) is 0 Å². The first-order valence-electron chi connectivity index (χ1n) is 17.4. The molecule has 0 aliphatic carbocycles. The number of aliphatic hydroxyl groups is 6. The monoisotopic (exact) mass is 788 g/mol. The molecule has 18 heteroatoms. The summed E-state index contributed by atoms with van der Waals surface area (Å²) in [5, 5.41) is 83.7. The number of ether oxygens (including phenoxy) is 9. The Morgan fingerprint density at radius 3 is 2.25 bits per heavy atom. The average Bonchev–Trinajstić information content (AvgIpc) is 3.72. The highest BCUT2D eigenvalue weighted by atomic mass is 16.8. The number of fused-ring (bicyclic) bond motifs is 1. The predicted octanol–water partition coefficient (Wildman–Crippen LogP) is 0.241. The summed E-state index contributed by atoms with van der Waals surface area (Å²) in [6.45, 7) is -2.30. The minimum Gasteiger partial charge on any atom is -0.504 e. The highest BCUT2D eigenvalue weighted by molar-refractivity contribution is 5.87. The van der Waals surface area contributed by atoms with Gasteiger partial charge in [-0.3, -0.25) is 0 Å². The number of hydrogen-bond acceptors (Lipinski definition) is 18. The number of benzene rings is 3. The van der Waals surface area contributed by atoms with E-state index in [4.69, 9.17) is 42.6 Å². The molecule has 0 bridgehead atoms. The van der Waals surface area contributed by atoms with Gasteiger partial charge in [0.05, 0.1) is 47.1 Å². The Kier molecular flexibility index (Phi) is 12.4. The summed E-state index contributed by atoms with van der Waals surface area (Å²) in [6.07, 6.45) is -9.36. The van der Waals surface area contributed by atoms with Crippen molar-refractivity contribution in [3.05, 3.63) is 71.3 Å². The number of methoxy groups -OCH3 is 3. The van der Waals surface area contributed by atoms with Crippen LogP contribution in [0.5, 0.6) is 40.2 Å². The van der Waals surface area contributed by atoms with E-state index in [1.165, 1.54) is 51.7 Å². The normalized spacial score (nSPS) is 29.8. The summed E-state index contributed by atoms with van der Waals surface area (Å²) in [7, 11) is 4.18. The number of rotatable bonds is 14. The third-order valence-electron chi connectivity index (χ3n) is 9.77. The zero-order chi connectivity index (χ0) is 40.3. The van der Waals surface area contributed by atoms with Gasteiger partial charge in [0.25, 0.3) is 0 Å². The quantitative estimate of drug-likeness (QED) is 0.0804. The van der Waals surface area contributed by atoms with Gasteiger partial charge in [-0.2, -0.15) is 0 Å². The number of aromatic hydroxyl groups is 2. The van der Waals surface area contributed by atoms with Crippen molar-refractivity contribution in [2.75, 3.05) is 47.8 Å². The molecule has 304 valence electrons. The molecule has 0 spiro atoms. The molecule has 0 amide bonds. The van der Waals surface area contributed by atoms with Crippen LogP contribution in [0.4, 0.5) is 0 Å². The van der Waals surface area contributed by atoms with E-state index in [-0.39, 0.29) is 35.4 Å². The fourth-order valence-corrected chi connectivity index (χ4v) is 6.65. The van der Waals surface area contributed by atoms with E-state index in [0.29, 0.717) is 28.2 Å². The average molecular weight is 789 g/mol. The highest BCUT2D eigenvalue weighted by Gasteiger charge is 2.54. The van der Waals surface area contributed by atoms with Gasteiger partial charge in [0, 0.05) is 17.7 Å². The maximum atomic E-state index is 12.8. The summed E-state index contributed by atoms with van der Waals surface area (Å²) in [6, 6.07) is 12.0. The second-order valence-corrected chi connectivity index (χ2v) is 13.3. The molecule has 56 heavy (non-hydrogen) atoms. The molecule has 3 aliphatic rings. The van der Waals surface area contributed by atoms with E-state index >= 15 is 0 Å². The van der Waals surface area contributed by atoms with E-state index in [9.17, 15) is 45.6 Å². The molecule has 6 rings (SSSR count). The Hall–Kier alpha value is -4.89. The summed E-state index contributed by atoms with van der Waals surface area (Å²) < 4.78 is 50.0. The minimum atomic E-state index is -2.17. The lowest BCUT2D eigenvalue weighted by atomic mass is 9.90. The Morgan fingerprint density at radius 2 is 1.57 bits per heavy atom. The minimum absolute atomic E-state index is 0.0535. The van der Waals surface area contributed by atoms with Crippen LogP contribution in [0.3, 0.4) is 0 Å². The topological polar surface area (TPSA) is 262 Å². The molecule has 3 aliphatic heterocycles. The van der Waals surface area contributed by atoms with Gasteiger partial charge >= 0.3 is 5.97 Å². The van der Waals surface area contributed by atoms with Gasteiger partial charge in [0.1, 0.15) is 42.9 Å². The van der Waals surface area contributed by atoms with E-state index in [0.717, 1.165) is 6.08 Å². The largest absolute Gasteiger partial charge is 0.504 e. The molecule has 0 radical (unpaired) electrons. The predicted molar refractivity (Wildman–Crippen MR) is 189 cm³/mol. The lowest BCUT2D eigenvalue weighted by Crippen LogP contribution is -2.62. The lowest BCUT2D eigenvalue weighted by molar-refractivity contribution is -0.318. The molecular weight excluding hydrogens is 744 g/mol. The van der Waals surface area contributed by atoms with Gasteiger partial charge in [-0.15, -0.1) is 0 Å². The first-order valence-corrected chi connectivity index (χ1v) is 17.4. The fourth-order valence-electron chi connectivity index (χ4n) is 6.65. The van der Waals surface area contributed by atoms with Crippen LogP contribution in [0.15, 0.2) is 54.6 Å². The zero-order valence-corrected chi connectivity index (χ0v) is 30.5. The van der Waals surface area contributed by atoms with E-state index < -0.39 is 86.5 Å². The van der Waals surface area contributed by atoms with Gasteiger partial charge in [0.2, 0.25) is 6.29 Å². The van der Waals surface area contributed by atoms with Crippen molar-refractivity contribution in [1.29, 1.82) is 0 Å². The Bertz CT molecular complexity index is 1890. The van der Waals surface area contributed by atoms with Gasteiger partial charge in [-0.05, 0) is 53.6 Å². The van der Waals surface area contributed by atoms with Crippen molar-refractivity contribution < 1.29 is 88.3 Å². The number of hydrogen-bond donors (Lipinski definition) is 8. The number of esters is 1. The molecule has 2 saturated heterocycles. The number of carbonyl (C=O) groups excluding carboxylic acids is 1. The van der Waals surface area contributed by atoms with Crippen LogP contribution in [0, 0.1) is 0 Å². The lowest BCUT2D eigenvalue weighted by Gasteiger charge is -2.42. The molecule has 3 aromatic carbocycles. The summed E-state index contributed by atoms with van der Waals surface area (Å²) in [5.41, 5.74) is -0.440. The maximum absolute atomic E-state index is 12.8. The van der Waals surface area contributed by atoms with Crippen molar-refractivity contribution >= 4 is 12.0 Å². The molecular formula is C38H44O18. The smallest absolute Gasteiger partial charge is 0.330 e. The number of carbonyl (C=O) groups is 1. The summed E-state index contributed by atoms with van der Waals surface area (Å²) in [4.78, 5) is 12.8. The highest BCUT2D eigenvalue weighted by Crippen LogP contribution is 2.51. The van der Waals surface area contributed by atoms with Crippen LogP contribution in [-0.2, 0) is 23.7 Å². The first kappa shape index (κ1) is 40.8. The van der Waals surface area contributed by atoms with Crippen molar-refractivity contribution in [1.82, 2.24) is 0 Å². The van der Waals surface area contributed by atoms with E-state index in [2.05, 4.69) is 0 Å². The molecule has 0 saturated carbocycles. The van der Waals surface area contributed by atoms with Gasteiger partial charge in [0.15, 0.2) is 52.5 Å². The van der Waals surface area contributed by atoms with Crippen LogP contribution in [-0.4, -0.2) is 143 Å². The third-order valence-corrected chi connectivity index (χ3v) is 9.77. The molecule has 8 N–H and O–H groups in total. The van der Waals surface area contributed by atoms with Crippen molar-refractivity contribution in [2.45, 2.75) is 60.7 Å². The van der Waals surface area contributed by atoms with Crippen LogP contribution in [0.1, 0.15) is 28.7 Å². The molecule has 2 fully saturated rings. The number of phenolic OH excluding ortho intramolecular Hbond substituents is 2. The van der Waals surface area contributed by atoms with E-state index in [1.807, 2.05) is 0 Å². The summed E-state index contributed by atoms with van der Waals surface area (Å²) in [5.74, 6) is -0.579. The first-order chi connectivity index (χ1) is 26.8. The van der Waals surface area contributed by atoms with Crippen LogP contribution < -0.4 is 23.7 Å². The zero-order valence-electron chi connectivity index (χ0n) is 30.5. The van der Waals surface area contributed by atoms with Gasteiger partial charge in [-0.25, -0.2) is 4.79 Å². The van der Waals surface area contributed by atoms with Crippen molar-refractivity contribution in [3.8, 4) is 40.2 Å². The molecule has 3 aromatic rings. The number of aliphatic hydroxyl groups excluding tert-OH is 5. The third kappa shape index (κ3) is 8.15. The molecule has 0 unspecified atom stereocenters. The van der Waals surface area contributed by atoms with Crippen LogP contribution in [0.2, 0.25) is 0 Å². The molecule has 18 nitrogen and oxygen atoms in total. The van der Waals surface area contributed by atoms with E-state index in [1.54, 1.807) is 24.3 Å². The van der Waals surface area contributed by atoms with Gasteiger partial charge in [-0.1, -0.05) is 6.07 Å². The Morgan fingerprint density at radius 1 is 0.875 bits per heavy atom. The Labute approximate surface area is 320 Å². The Balaban J connectivity index is 1.10. The molecule has 10 atom stereocenters. The van der Waals surface area contributed by atoms with Crippen LogP contribution >= 0.6 is 0 Å².